The summed E-state index contributed by atoms with van der Waals surface area (Å²) in [6.07, 6.45) is 3.06. The van der Waals surface area contributed by atoms with Crippen molar-refractivity contribution in [2.45, 2.75) is 0 Å². The van der Waals surface area contributed by atoms with Crippen LogP contribution in [0.2, 0.25) is 0 Å². The number of carbonyl (C=O) groups is 2. The Hall–Kier alpha value is -3.72. The number of hydrogen-bond donors (Lipinski definition) is 2. The first-order valence-electron chi connectivity index (χ1n) is 9.61. The molecule has 0 spiro atoms. The summed E-state index contributed by atoms with van der Waals surface area (Å²) in [6, 6.07) is 15.4. The Bertz CT molecular complexity index is 830. The van der Waals surface area contributed by atoms with E-state index in [4.69, 9.17) is 4.74 Å². The second kappa shape index (κ2) is 12.1. The largest absolute Gasteiger partial charge is 0.378 e. The lowest BCUT2D eigenvalue weighted by molar-refractivity contribution is -0.130. The predicted molar refractivity (Wildman–Crippen MR) is 124 cm³/mol. The molecule has 0 bridgehead atoms. The first kappa shape index (κ1) is 23.6. The van der Waals surface area contributed by atoms with Crippen LogP contribution in [0.4, 0.5) is 11.4 Å². The van der Waals surface area contributed by atoms with Crippen LogP contribution in [-0.4, -0.2) is 65.6 Å². The minimum Gasteiger partial charge on any atom is -0.378 e. The number of nitrogens with zero attached hydrogens (tertiary/aromatic N) is 4. The molecule has 2 N–H and O–H groups in total. The van der Waals surface area contributed by atoms with Gasteiger partial charge in [0, 0.05) is 39.6 Å². The number of ether oxygens (including phenoxy) is 1. The summed E-state index contributed by atoms with van der Waals surface area (Å²) in [5, 5.41) is 7.74. The molecule has 31 heavy (non-hydrogen) atoms. The predicted octanol–water partition coefficient (Wildman–Crippen LogP) is 1.44. The van der Waals surface area contributed by atoms with Crippen molar-refractivity contribution in [1.29, 1.82) is 0 Å². The molecule has 0 saturated heterocycles. The highest BCUT2D eigenvalue weighted by molar-refractivity contribution is 5.84. The molecule has 0 atom stereocenters. The van der Waals surface area contributed by atoms with Crippen LogP contribution >= 0.6 is 0 Å². The molecule has 9 nitrogen and oxygen atoms in total. The molecule has 0 aliphatic carbocycles. The molecule has 9 heteroatoms. The van der Waals surface area contributed by atoms with Gasteiger partial charge in [0.15, 0.2) is 0 Å². The van der Waals surface area contributed by atoms with Crippen molar-refractivity contribution in [3.05, 3.63) is 59.7 Å². The summed E-state index contributed by atoms with van der Waals surface area (Å²) in [5.74, 6) is -0.920. The highest BCUT2D eigenvalue weighted by atomic mass is 16.5. The molecule has 2 aromatic rings. The smallest absolute Gasteiger partial charge is 0.266 e. The molecular weight excluding hydrogens is 396 g/mol. The van der Waals surface area contributed by atoms with E-state index in [1.807, 2.05) is 86.5 Å². The van der Waals surface area contributed by atoms with Crippen LogP contribution in [-0.2, 0) is 14.3 Å². The number of anilines is 2. The van der Waals surface area contributed by atoms with Gasteiger partial charge >= 0.3 is 0 Å². The molecule has 0 heterocycles. The average Bonchev–Trinajstić information content (AvgIpc) is 2.74. The number of benzene rings is 2. The SMILES string of the molecule is CN(C)c1ccc(/C=N\NC(=O)COCC(=O)N/N=C\c2ccc(N(C)C)cc2)cc1. The van der Waals surface area contributed by atoms with E-state index >= 15 is 0 Å². The fraction of sp³-hybridized carbons (Fsp3) is 0.273. The highest BCUT2D eigenvalue weighted by Crippen LogP contribution is 2.11. The van der Waals surface area contributed by atoms with Crippen molar-refractivity contribution in [2.24, 2.45) is 10.2 Å². The summed E-state index contributed by atoms with van der Waals surface area (Å²) in [5.41, 5.74) is 8.53. The van der Waals surface area contributed by atoms with Gasteiger partial charge in [-0.3, -0.25) is 9.59 Å². The fourth-order valence-electron chi connectivity index (χ4n) is 2.38. The lowest BCUT2D eigenvalue weighted by Gasteiger charge is -2.11. The van der Waals surface area contributed by atoms with Crippen LogP contribution in [0.1, 0.15) is 11.1 Å². The van der Waals surface area contributed by atoms with Crippen LogP contribution in [0.5, 0.6) is 0 Å². The van der Waals surface area contributed by atoms with Gasteiger partial charge in [-0.25, -0.2) is 10.9 Å². The molecule has 0 aliphatic rings. The van der Waals surface area contributed by atoms with E-state index in [1.54, 1.807) is 0 Å². The monoisotopic (exact) mass is 424 g/mol. The van der Waals surface area contributed by atoms with Crippen LogP contribution in [0, 0.1) is 0 Å². The van der Waals surface area contributed by atoms with E-state index in [2.05, 4.69) is 21.1 Å². The maximum Gasteiger partial charge on any atom is 0.266 e. The van der Waals surface area contributed by atoms with Crippen molar-refractivity contribution in [3.8, 4) is 0 Å². The Morgan fingerprint density at radius 3 is 1.42 bits per heavy atom. The van der Waals surface area contributed by atoms with Gasteiger partial charge in [0.1, 0.15) is 13.2 Å². The third-order valence-corrected chi connectivity index (χ3v) is 4.09. The van der Waals surface area contributed by atoms with Gasteiger partial charge in [-0.05, 0) is 35.4 Å². The minimum absolute atomic E-state index is 0.292. The first-order valence-corrected chi connectivity index (χ1v) is 9.61. The lowest BCUT2D eigenvalue weighted by Crippen LogP contribution is -2.28. The van der Waals surface area contributed by atoms with E-state index in [0.717, 1.165) is 22.5 Å². The number of nitrogens with one attached hydrogen (secondary N) is 2. The van der Waals surface area contributed by atoms with Crippen molar-refractivity contribution in [3.63, 3.8) is 0 Å². The van der Waals surface area contributed by atoms with Crippen LogP contribution in [0.3, 0.4) is 0 Å². The summed E-state index contributed by atoms with van der Waals surface area (Å²) >= 11 is 0. The maximum absolute atomic E-state index is 11.7. The molecule has 0 aromatic heterocycles. The Kier molecular flexibility index (Phi) is 9.18. The Morgan fingerprint density at radius 1 is 0.742 bits per heavy atom. The molecule has 2 amide bonds. The zero-order chi connectivity index (χ0) is 22.6. The normalized spacial score (nSPS) is 11.0. The molecule has 0 fully saturated rings. The van der Waals surface area contributed by atoms with Crippen molar-refractivity contribution in [1.82, 2.24) is 10.9 Å². The standard InChI is InChI=1S/C22H28N6O3/c1-27(2)19-9-5-17(6-10-19)13-23-25-21(29)15-31-16-22(30)26-24-14-18-7-11-20(12-8-18)28(3)4/h5-14H,15-16H2,1-4H3,(H,25,29)(H,26,30)/b23-13-,24-14-. The van der Waals surface area contributed by atoms with Gasteiger partial charge in [-0.1, -0.05) is 24.3 Å². The van der Waals surface area contributed by atoms with Gasteiger partial charge in [-0.15, -0.1) is 0 Å². The number of hydrazone groups is 2. The molecule has 2 aromatic carbocycles. The van der Waals surface area contributed by atoms with Crippen LogP contribution < -0.4 is 20.7 Å². The summed E-state index contributed by atoms with van der Waals surface area (Å²) < 4.78 is 5.06. The number of rotatable bonds is 10. The van der Waals surface area contributed by atoms with Gasteiger partial charge in [0.2, 0.25) is 0 Å². The average molecular weight is 425 g/mol. The quantitative estimate of drug-likeness (QED) is 0.444. The van der Waals surface area contributed by atoms with Gasteiger partial charge in [-0.2, -0.15) is 10.2 Å². The van der Waals surface area contributed by atoms with Crippen LogP contribution in [0.15, 0.2) is 58.7 Å². The zero-order valence-electron chi connectivity index (χ0n) is 18.2. The second-order valence-corrected chi connectivity index (χ2v) is 7.05. The Labute approximate surface area is 182 Å². The molecular formula is C22H28N6O3. The van der Waals surface area contributed by atoms with Gasteiger partial charge in [0.25, 0.3) is 11.8 Å². The second-order valence-electron chi connectivity index (χ2n) is 7.05. The van der Waals surface area contributed by atoms with E-state index in [0.29, 0.717) is 0 Å². The lowest BCUT2D eigenvalue weighted by atomic mass is 10.2. The molecule has 2 rings (SSSR count). The van der Waals surface area contributed by atoms with Crippen LogP contribution in [0.25, 0.3) is 0 Å². The molecule has 0 saturated carbocycles. The topological polar surface area (TPSA) is 98.6 Å². The summed E-state index contributed by atoms with van der Waals surface area (Å²) in [6.45, 7) is -0.583. The van der Waals surface area contributed by atoms with E-state index in [1.165, 1.54) is 12.4 Å². The third-order valence-electron chi connectivity index (χ3n) is 4.09. The Balaban J connectivity index is 1.64. The minimum atomic E-state index is -0.460. The van der Waals surface area contributed by atoms with Crippen molar-refractivity contribution < 1.29 is 14.3 Å². The van der Waals surface area contributed by atoms with Crippen molar-refractivity contribution >= 4 is 35.6 Å². The maximum atomic E-state index is 11.7. The summed E-state index contributed by atoms with van der Waals surface area (Å²) in [7, 11) is 7.83. The Morgan fingerprint density at radius 2 is 1.10 bits per heavy atom. The summed E-state index contributed by atoms with van der Waals surface area (Å²) in [4.78, 5) is 27.4. The van der Waals surface area contributed by atoms with Gasteiger partial charge in [0.05, 0.1) is 12.4 Å². The third kappa shape index (κ3) is 8.67. The molecule has 0 radical (unpaired) electrons. The van der Waals surface area contributed by atoms with E-state index in [9.17, 15) is 9.59 Å². The van der Waals surface area contributed by atoms with Crippen molar-refractivity contribution in [2.75, 3.05) is 51.2 Å². The molecule has 164 valence electrons. The van der Waals surface area contributed by atoms with E-state index < -0.39 is 11.8 Å². The zero-order valence-corrected chi connectivity index (χ0v) is 18.2. The van der Waals surface area contributed by atoms with E-state index in [-0.39, 0.29) is 13.2 Å². The fourth-order valence-corrected chi connectivity index (χ4v) is 2.38. The molecule has 0 aliphatic heterocycles. The molecule has 0 unspecified atom stereocenters. The number of amides is 2. The van der Waals surface area contributed by atoms with Gasteiger partial charge < -0.3 is 14.5 Å². The highest BCUT2D eigenvalue weighted by Gasteiger charge is 2.04. The number of carbonyl (C=O) groups excluding carboxylic acids is 2. The number of hydrogen-bond acceptors (Lipinski definition) is 7. The first-order chi connectivity index (χ1) is 14.8.